The van der Waals surface area contributed by atoms with Crippen molar-refractivity contribution in [3.05, 3.63) is 34.9 Å². The van der Waals surface area contributed by atoms with Crippen LogP contribution in [0, 0.1) is 11.8 Å². The van der Waals surface area contributed by atoms with Crippen molar-refractivity contribution in [3.8, 4) is 0 Å². The number of carbonyl (C=O) groups excluding carboxylic acids is 1. The van der Waals surface area contributed by atoms with Crippen LogP contribution in [0.3, 0.4) is 0 Å². The van der Waals surface area contributed by atoms with E-state index in [4.69, 9.17) is 23.8 Å². The fourth-order valence-corrected chi connectivity index (χ4v) is 6.08. The van der Waals surface area contributed by atoms with Crippen LogP contribution in [0.4, 0.5) is 0 Å². The largest absolute Gasteiger partial charge is 0.360 e. The minimum absolute atomic E-state index is 0.233. The number of hydrogen-bond donors (Lipinski definition) is 1. The average Bonchev–Trinajstić information content (AvgIpc) is 3.25. The van der Waals surface area contributed by atoms with E-state index in [-0.39, 0.29) is 5.78 Å². The number of ketones is 1. The first-order chi connectivity index (χ1) is 12.5. The molecule has 0 aromatic heterocycles. The molecule has 3 aliphatic rings. The van der Waals surface area contributed by atoms with Crippen LogP contribution in [0.25, 0.3) is 0 Å². The van der Waals surface area contributed by atoms with Crippen LogP contribution < -0.4 is 5.32 Å². The predicted octanol–water partition coefficient (Wildman–Crippen LogP) is 4.67. The van der Waals surface area contributed by atoms with E-state index in [2.05, 4.69) is 5.32 Å². The Morgan fingerprint density at radius 2 is 2.08 bits per heavy atom. The van der Waals surface area contributed by atoms with Crippen LogP contribution >= 0.6 is 23.8 Å². The molecule has 0 spiro atoms. The molecular formula is C21H27ClN2OS. The molecule has 4 rings (SSSR count). The molecule has 5 heteroatoms. The second-order valence-corrected chi connectivity index (χ2v) is 9.05. The van der Waals surface area contributed by atoms with Gasteiger partial charge in [0.15, 0.2) is 10.9 Å². The smallest absolute Gasteiger partial charge is 0.170 e. The van der Waals surface area contributed by atoms with Crippen LogP contribution in [0.15, 0.2) is 24.3 Å². The van der Waals surface area contributed by atoms with Crippen molar-refractivity contribution in [2.24, 2.45) is 11.8 Å². The highest BCUT2D eigenvalue weighted by Crippen LogP contribution is 2.45. The second-order valence-electron chi connectivity index (χ2n) is 8.26. The Balaban J connectivity index is 1.62. The summed E-state index contributed by atoms with van der Waals surface area (Å²) < 4.78 is 0. The topological polar surface area (TPSA) is 32.3 Å². The molecule has 26 heavy (non-hydrogen) atoms. The zero-order valence-corrected chi connectivity index (χ0v) is 16.9. The molecule has 3 fully saturated rings. The number of halogens is 1. The molecule has 0 radical (unpaired) electrons. The summed E-state index contributed by atoms with van der Waals surface area (Å²) in [5.74, 6) is 1.83. The average molecular weight is 391 g/mol. The molecule has 0 heterocycles. The van der Waals surface area contributed by atoms with Gasteiger partial charge in [-0.25, -0.2) is 0 Å². The number of fused-ring (bicyclic) bond motifs is 2. The van der Waals surface area contributed by atoms with Gasteiger partial charge in [-0.2, -0.15) is 0 Å². The fraction of sp³-hybridized carbons (Fsp3) is 0.619. The first-order valence-electron chi connectivity index (χ1n) is 9.85. The lowest BCUT2D eigenvalue weighted by Crippen LogP contribution is -2.58. The molecule has 4 atom stereocenters. The molecule has 0 saturated heterocycles. The highest BCUT2D eigenvalue weighted by molar-refractivity contribution is 7.80. The van der Waals surface area contributed by atoms with Gasteiger partial charge < -0.3 is 10.2 Å². The number of hydrogen-bond acceptors (Lipinski definition) is 2. The van der Waals surface area contributed by atoms with Crippen LogP contribution in [0.1, 0.15) is 56.9 Å². The Morgan fingerprint density at radius 1 is 1.27 bits per heavy atom. The van der Waals surface area contributed by atoms with E-state index in [0.29, 0.717) is 22.6 Å². The minimum atomic E-state index is -0.738. The molecule has 0 amide bonds. The number of likely N-dealkylation sites (N-methyl/N-ethyl adjacent to an activating group) is 1. The van der Waals surface area contributed by atoms with Gasteiger partial charge in [-0.05, 0) is 68.6 Å². The standard InChI is InChI=1S/C21H27ClN2OS/c1-24(20(26)23-18-13-14-9-10-15(18)12-14)21(11-5-4-8-19(21)25)16-6-2-3-7-17(16)22/h2-3,6-7,14-15,18H,4-5,8-13H2,1H3,(H,23,26)/t14-,15+,18-,21-/m0/s1. The molecule has 0 aliphatic heterocycles. The van der Waals surface area contributed by atoms with Gasteiger partial charge in [-0.15, -0.1) is 0 Å². The second kappa shape index (κ2) is 7.12. The molecular weight excluding hydrogens is 364 g/mol. The van der Waals surface area contributed by atoms with E-state index in [9.17, 15) is 4.79 Å². The van der Waals surface area contributed by atoms with Gasteiger partial charge in [-0.1, -0.05) is 36.2 Å². The number of benzene rings is 1. The number of Topliss-reactive ketones (excluding diaryl/α,β-unsaturated/α-hetero) is 1. The molecule has 2 bridgehead atoms. The van der Waals surface area contributed by atoms with E-state index >= 15 is 0 Å². The summed E-state index contributed by atoms with van der Waals surface area (Å²) in [6.45, 7) is 0. The quantitative estimate of drug-likeness (QED) is 0.760. The maximum Gasteiger partial charge on any atom is 0.170 e. The van der Waals surface area contributed by atoms with E-state index in [1.54, 1.807) is 0 Å². The van der Waals surface area contributed by atoms with E-state index < -0.39 is 5.54 Å². The number of carbonyl (C=O) groups is 1. The fourth-order valence-electron chi connectivity index (χ4n) is 5.48. The van der Waals surface area contributed by atoms with Gasteiger partial charge in [0, 0.05) is 30.1 Å². The summed E-state index contributed by atoms with van der Waals surface area (Å²) in [7, 11) is 1.97. The van der Waals surface area contributed by atoms with Crippen LogP contribution in [0.5, 0.6) is 0 Å². The lowest BCUT2D eigenvalue weighted by molar-refractivity contribution is -0.131. The molecule has 3 nitrogen and oxygen atoms in total. The predicted molar refractivity (Wildman–Crippen MR) is 109 cm³/mol. The molecule has 0 unspecified atom stereocenters. The lowest BCUT2D eigenvalue weighted by atomic mass is 9.74. The van der Waals surface area contributed by atoms with Crippen molar-refractivity contribution in [3.63, 3.8) is 0 Å². The van der Waals surface area contributed by atoms with E-state index in [0.717, 1.165) is 36.7 Å². The Bertz CT molecular complexity index is 724. The first kappa shape index (κ1) is 18.2. The Labute approximate surface area is 166 Å². The summed E-state index contributed by atoms with van der Waals surface area (Å²) in [6.07, 6.45) is 8.54. The third-order valence-corrected chi connectivity index (χ3v) is 7.62. The third kappa shape index (κ3) is 2.95. The third-order valence-electron chi connectivity index (χ3n) is 6.90. The van der Waals surface area contributed by atoms with E-state index in [1.165, 1.54) is 25.7 Å². The summed E-state index contributed by atoms with van der Waals surface area (Å²) in [6, 6.07) is 8.21. The minimum Gasteiger partial charge on any atom is -0.360 e. The summed E-state index contributed by atoms with van der Waals surface area (Å²) in [5, 5.41) is 4.95. The first-order valence-corrected chi connectivity index (χ1v) is 10.6. The molecule has 3 saturated carbocycles. The van der Waals surface area contributed by atoms with Crippen LogP contribution in [0.2, 0.25) is 5.02 Å². The Morgan fingerprint density at radius 3 is 2.73 bits per heavy atom. The molecule has 140 valence electrons. The lowest BCUT2D eigenvalue weighted by Gasteiger charge is -2.45. The highest BCUT2D eigenvalue weighted by atomic mass is 35.5. The number of nitrogens with zero attached hydrogens (tertiary/aromatic N) is 1. The van der Waals surface area contributed by atoms with Crippen molar-refractivity contribution in [2.45, 2.75) is 62.9 Å². The van der Waals surface area contributed by atoms with Crippen molar-refractivity contribution >= 4 is 34.7 Å². The van der Waals surface area contributed by atoms with Gasteiger partial charge in [0.25, 0.3) is 0 Å². The van der Waals surface area contributed by atoms with Crippen molar-refractivity contribution in [2.75, 3.05) is 7.05 Å². The molecule has 1 aromatic carbocycles. The maximum atomic E-state index is 13.2. The van der Waals surface area contributed by atoms with Crippen LogP contribution in [-0.4, -0.2) is 28.9 Å². The monoisotopic (exact) mass is 390 g/mol. The van der Waals surface area contributed by atoms with Gasteiger partial charge in [0.05, 0.1) is 0 Å². The number of rotatable bonds is 3. The zero-order valence-electron chi connectivity index (χ0n) is 15.3. The van der Waals surface area contributed by atoms with Crippen molar-refractivity contribution in [1.29, 1.82) is 0 Å². The van der Waals surface area contributed by atoms with Crippen molar-refractivity contribution in [1.82, 2.24) is 10.2 Å². The number of nitrogens with one attached hydrogen (secondary N) is 1. The van der Waals surface area contributed by atoms with Gasteiger partial charge in [0.1, 0.15) is 5.54 Å². The molecule has 1 aromatic rings. The Hall–Kier alpha value is -1.13. The van der Waals surface area contributed by atoms with Gasteiger partial charge >= 0.3 is 0 Å². The van der Waals surface area contributed by atoms with Crippen molar-refractivity contribution < 1.29 is 4.79 Å². The summed E-state index contributed by atoms with van der Waals surface area (Å²) in [4.78, 5) is 15.2. The van der Waals surface area contributed by atoms with Gasteiger partial charge in [0.2, 0.25) is 0 Å². The summed E-state index contributed by atoms with van der Waals surface area (Å²) in [5.41, 5.74) is 0.157. The SMILES string of the molecule is CN(C(=S)N[C@H]1C[C@H]2CC[C@@H]1C2)[C@]1(c2ccccc2Cl)CCCCC1=O. The Kier molecular flexibility index (Phi) is 5.00. The maximum absolute atomic E-state index is 13.2. The molecule has 3 aliphatic carbocycles. The van der Waals surface area contributed by atoms with Crippen LogP contribution in [-0.2, 0) is 10.3 Å². The highest BCUT2D eigenvalue weighted by Gasteiger charge is 2.48. The zero-order chi connectivity index (χ0) is 18.3. The normalized spacial score (nSPS) is 33.3. The molecule has 1 N–H and O–H groups in total. The number of thiocarbonyl (C=S) groups is 1. The summed E-state index contributed by atoms with van der Waals surface area (Å²) >= 11 is 12.3. The van der Waals surface area contributed by atoms with E-state index in [1.807, 2.05) is 36.2 Å². The van der Waals surface area contributed by atoms with Gasteiger partial charge in [-0.3, -0.25) is 4.79 Å².